The zero-order valence-electron chi connectivity index (χ0n) is 24.0. The molecule has 0 N–H and O–H groups in total. The van der Waals surface area contributed by atoms with Crippen LogP contribution in [0.25, 0.3) is 22.2 Å². The molecule has 1 aromatic heterocycles. The van der Waals surface area contributed by atoms with E-state index < -0.39 is 5.41 Å². The summed E-state index contributed by atoms with van der Waals surface area (Å²) in [6.45, 7) is 2.39. The van der Waals surface area contributed by atoms with Gasteiger partial charge in [0.1, 0.15) is 5.82 Å². The number of carbonyl (C=O) groups excluding carboxylic acids is 2. The van der Waals surface area contributed by atoms with Gasteiger partial charge < -0.3 is 19.1 Å². The van der Waals surface area contributed by atoms with Crippen molar-refractivity contribution in [2.75, 3.05) is 27.2 Å². The maximum absolute atomic E-state index is 14.9. The quantitative estimate of drug-likeness (QED) is 0.368. The lowest BCUT2D eigenvalue weighted by molar-refractivity contribution is -0.143. The van der Waals surface area contributed by atoms with Crippen molar-refractivity contribution < 1.29 is 18.7 Å². The number of fused-ring (bicyclic) bond motifs is 9. The predicted molar refractivity (Wildman–Crippen MR) is 155 cm³/mol. The number of hydrogen-bond donors (Lipinski definition) is 0. The van der Waals surface area contributed by atoms with Crippen molar-refractivity contribution in [1.29, 1.82) is 0 Å². The topological polar surface area (TPSA) is 54.8 Å². The molecule has 2 saturated heterocycles. The molecule has 0 radical (unpaired) electrons. The molecule has 8 rings (SSSR count). The maximum Gasteiger partial charge on any atom is 0.337 e. The molecule has 41 heavy (non-hydrogen) atoms. The third-order valence-electron chi connectivity index (χ3n) is 11.0. The molecule has 7 heteroatoms. The van der Waals surface area contributed by atoms with Crippen molar-refractivity contribution in [3.63, 3.8) is 0 Å². The van der Waals surface area contributed by atoms with Gasteiger partial charge in [0, 0.05) is 54.1 Å². The van der Waals surface area contributed by atoms with Crippen LogP contribution in [0.3, 0.4) is 0 Å². The average Bonchev–Trinajstić information content (AvgIpc) is 3.57. The summed E-state index contributed by atoms with van der Waals surface area (Å²) in [7, 11) is 3.57. The molecule has 4 fully saturated rings. The van der Waals surface area contributed by atoms with Gasteiger partial charge in [-0.05, 0) is 86.5 Å². The second kappa shape index (κ2) is 9.15. The van der Waals surface area contributed by atoms with Gasteiger partial charge in [0.05, 0.1) is 23.8 Å². The number of esters is 1. The smallest absolute Gasteiger partial charge is 0.337 e. The first kappa shape index (κ1) is 25.5. The van der Waals surface area contributed by atoms with Gasteiger partial charge in [0.25, 0.3) is 0 Å². The Bertz CT molecular complexity index is 1580. The van der Waals surface area contributed by atoms with Crippen molar-refractivity contribution in [3.8, 4) is 11.3 Å². The molecular formula is C34H38FN3O3. The first-order valence-corrected chi connectivity index (χ1v) is 15.4. The molecule has 2 aliphatic carbocycles. The molecule has 1 unspecified atom stereocenters. The fourth-order valence-electron chi connectivity index (χ4n) is 9.09. The first-order valence-electron chi connectivity index (χ1n) is 15.4. The Labute approximate surface area is 240 Å². The number of carbonyl (C=O) groups is 2. The second-order valence-electron chi connectivity index (χ2n) is 13.4. The van der Waals surface area contributed by atoms with E-state index in [1.165, 1.54) is 31.9 Å². The van der Waals surface area contributed by atoms with Gasteiger partial charge in [0.2, 0.25) is 5.91 Å². The molecule has 0 spiro atoms. The van der Waals surface area contributed by atoms with Crippen LogP contribution in [0.4, 0.5) is 4.39 Å². The van der Waals surface area contributed by atoms with Crippen LogP contribution < -0.4 is 0 Å². The highest BCUT2D eigenvalue weighted by Crippen LogP contribution is 2.66. The van der Waals surface area contributed by atoms with Gasteiger partial charge in [-0.15, -0.1) is 0 Å². The molecule has 3 aliphatic heterocycles. The van der Waals surface area contributed by atoms with E-state index in [0.29, 0.717) is 18.0 Å². The van der Waals surface area contributed by atoms with Crippen LogP contribution >= 0.6 is 0 Å². The number of amides is 1. The Balaban J connectivity index is 1.35. The van der Waals surface area contributed by atoms with E-state index in [-0.39, 0.29) is 35.7 Å². The van der Waals surface area contributed by atoms with Crippen molar-refractivity contribution in [2.45, 2.75) is 81.8 Å². The second-order valence-corrected chi connectivity index (χ2v) is 13.4. The monoisotopic (exact) mass is 555 g/mol. The number of methoxy groups -OCH3 is 1. The molecular weight excluding hydrogens is 517 g/mol. The van der Waals surface area contributed by atoms with E-state index in [4.69, 9.17) is 4.74 Å². The van der Waals surface area contributed by atoms with Crippen LogP contribution in [-0.2, 0) is 16.1 Å². The maximum atomic E-state index is 14.9. The van der Waals surface area contributed by atoms with Crippen LogP contribution in [-0.4, -0.2) is 65.6 Å². The third kappa shape index (κ3) is 3.70. The van der Waals surface area contributed by atoms with Crippen LogP contribution in [0, 0.1) is 11.2 Å². The van der Waals surface area contributed by atoms with Gasteiger partial charge >= 0.3 is 5.97 Å². The molecule has 4 heterocycles. The van der Waals surface area contributed by atoms with E-state index in [1.54, 1.807) is 12.1 Å². The number of likely N-dealkylation sites (tertiary alicyclic amines) is 1. The number of hydrogen-bond acceptors (Lipinski definition) is 4. The Morgan fingerprint density at radius 1 is 0.976 bits per heavy atom. The minimum absolute atomic E-state index is 0.00213. The van der Waals surface area contributed by atoms with Crippen molar-refractivity contribution in [2.24, 2.45) is 5.41 Å². The molecule has 5 aliphatic rings. The van der Waals surface area contributed by atoms with Gasteiger partial charge in [-0.25, -0.2) is 9.18 Å². The summed E-state index contributed by atoms with van der Waals surface area (Å²) in [5.41, 5.74) is 5.38. The van der Waals surface area contributed by atoms with Crippen LogP contribution in [0.1, 0.15) is 84.7 Å². The van der Waals surface area contributed by atoms with Gasteiger partial charge in [0.15, 0.2) is 0 Å². The number of aromatic nitrogens is 1. The first-order chi connectivity index (χ1) is 19.9. The minimum Gasteiger partial charge on any atom is -0.465 e. The highest BCUT2D eigenvalue weighted by Gasteiger charge is 2.65. The number of rotatable bonds is 3. The Morgan fingerprint density at radius 3 is 2.46 bits per heavy atom. The van der Waals surface area contributed by atoms with Gasteiger partial charge in [-0.1, -0.05) is 25.3 Å². The molecule has 1 amide bonds. The molecule has 2 bridgehead atoms. The van der Waals surface area contributed by atoms with Gasteiger partial charge in [-0.3, -0.25) is 4.79 Å². The predicted octanol–water partition coefficient (Wildman–Crippen LogP) is 6.07. The standard InChI is InChI=1S/C34H38FN3O3/c1-36-17-23-10-11-24(18-36)38(23)33(40)34-16-28(34)27-15-22(35)9-13-25(27)31-30(20-6-4-3-5-7-20)26-12-8-21(32(39)41-2)14-29(26)37(31)19-34/h8-9,12-15,20,23-24,28H,3-7,10-11,16-19H2,1-2H3/t23-,24?,28+,34+/m1/s1. The third-order valence-corrected chi connectivity index (χ3v) is 11.0. The highest BCUT2D eigenvalue weighted by atomic mass is 19.1. The summed E-state index contributed by atoms with van der Waals surface area (Å²) in [5, 5.41) is 1.15. The highest BCUT2D eigenvalue weighted by molar-refractivity contribution is 6.00. The minimum atomic E-state index is -0.596. The summed E-state index contributed by atoms with van der Waals surface area (Å²) in [6, 6.07) is 11.6. The van der Waals surface area contributed by atoms with Crippen LogP contribution in [0.2, 0.25) is 0 Å². The molecule has 214 valence electrons. The van der Waals surface area contributed by atoms with E-state index in [0.717, 1.165) is 72.9 Å². The van der Waals surface area contributed by atoms with Gasteiger partial charge in [-0.2, -0.15) is 0 Å². The molecule has 2 aromatic carbocycles. The molecule has 4 atom stereocenters. The SMILES string of the molecule is COC(=O)c1ccc2c(C3CCCCC3)c3n(c2c1)C[C@@]1(C(=O)N2C4CC[C@@H]2CN(C)C4)C[C@H]1c1cc(F)ccc1-3. The number of benzene rings is 2. The fraction of sp³-hybridized carbons (Fsp3) is 0.529. The number of piperazine rings is 1. The molecule has 3 aromatic rings. The Morgan fingerprint density at radius 2 is 1.73 bits per heavy atom. The number of halogens is 1. The normalized spacial score (nSPS) is 29.0. The van der Waals surface area contributed by atoms with E-state index in [9.17, 15) is 14.0 Å². The lowest BCUT2D eigenvalue weighted by Crippen LogP contribution is -2.57. The van der Waals surface area contributed by atoms with Crippen LogP contribution in [0.15, 0.2) is 36.4 Å². The summed E-state index contributed by atoms with van der Waals surface area (Å²) in [5.74, 6) is 0.0447. The summed E-state index contributed by atoms with van der Waals surface area (Å²) < 4.78 is 22.4. The lowest BCUT2D eigenvalue weighted by atomic mass is 9.81. The van der Waals surface area contributed by atoms with Crippen LogP contribution in [0.5, 0.6) is 0 Å². The number of nitrogens with zero attached hydrogens (tertiary/aromatic N) is 3. The summed E-state index contributed by atoms with van der Waals surface area (Å²) >= 11 is 0. The summed E-state index contributed by atoms with van der Waals surface area (Å²) in [6.07, 6.45) is 8.75. The van der Waals surface area contributed by atoms with E-state index in [1.807, 2.05) is 18.2 Å². The fourth-order valence-corrected chi connectivity index (χ4v) is 9.09. The van der Waals surface area contributed by atoms with E-state index in [2.05, 4.69) is 27.5 Å². The summed E-state index contributed by atoms with van der Waals surface area (Å²) in [4.78, 5) is 32.0. The van der Waals surface area contributed by atoms with E-state index >= 15 is 0 Å². The number of ether oxygens (including phenoxy) is 1. The molecule has 6 nitrogen and oxygen atoms in total. The van der Waals surface area contributed by atoms with Crippen molar-refractivity contribution in [1.82, 2.24) is 14.4 Å². The Kier molecular flexibility index (Phi) is 5.70. The lowest BCUT2D eigenvalue weighted by Gasteiger charge is -2.41. The largest absolute Gasteiger partial charge is 0.465 e. The zero-order chi connectivity index (χ0) is 28.0. The molecule has 2 saturated carbocycles. The van der Waals surface area contributed by atoms with Crippen molar-refractivity contribution >= 4 is 22.8 Å². The van der Waals surface area contributed by atoms with Crippen molar-refractivity contribution in [3.05, 3.63) is 58.9 Å². The Hall–Kier alpha value is -3.19. The number of likely N-dealkylation sites (N-methyl/N-ethyl adjacent to an activating group) is 1. The zero-order valence-corrected chi connectivity index (χ0v) is 24.0. The average molecular weight is 556 g/mol.